The van der Waals surface area contributed by atoms with Crippen LogP contribution < -0.4 is 5.32 Å². The number of benzene rings is 2. The molecule has 4 rings (SSSR count). The van der Waals surface area contributed by atoms with Crippen LogP contribution in [-0.2, 0) is 0 Å². The Morgan fingerprint density at radius 1 is 0.966 bits per heavy atom. The van der Waals surface area contributed by atoms with Crippen LogP contribution in [0, 0.1) is 13.8 Å². The third-order valence-electron chi connectivity index (χ3n) is 4.56. The molecule has 139 valence electrons. The third kappa shape index (κ3) is 4.59. The van der Waals surface area contributed by atoms with Crippen molar-refractivity contribution in [2.24, 2.45) is 0 Å². The number of hydrogen-bond donors (Lipinski definition) is 2. The molecular formula is C21H18N6NaO. The molecule has 0 spiro atoms. The van der Waals surface area contributed by atoms with E-state index in [1.54, 1.807) is 18.5 Å². The average molecular weight is 393 g/mol. The van der Waals surface area contributed by atoms with Crippen molar-refractivity contribution in [1.82, 2.24) is 25.6 Å². The molecule has 2 heterocycles. The van der Waals surface area contributed by atoms with Crippen molar-refractivity contribution in [2.45, 2.75) is 13.8 Å². The average Bonchev–Trinajstić information content (AvgIpc) is 3.24. The first kappa shape index (κ1) is 20.9. The van der Waals surface area contributed by atoms with Crippen LogP contribution in [0.5, 0.6) is 0 Å². The quantitative estimate of drug-likeness (QED) is 0.518. The molecule has 0 aliphatic carbocycles. The second-order valence-corrected chi connectivity index (χ2v) is 6.49. The van der Waals surface area contributed by atoms with Crippen LogP contribution in [0.1, 0.15) is 21.5 Å². The molecule has 0 bridgehead atoms. The van der Waals surface area contributed by atoms with Crippen molar-refractivity contribution in [3.63, 3.8) is 0 Å². The second kappa shape index (κ2) is 9.09. The Morgan fingerprint density at radius 2 is 1.72 bits per heavy atom. The van der Waals surface area contributed by atoms with Gasteiger partial charge in [-0.3, -0.25) is 9.78 Å². The fraction of sp³-hybridized carbons (Fsp3) is 0.0952. The summed E-state index contributed by atoms with van der Waals surface area (Å²) < 4.78 is 0. The van der Waals surface area contributed by atoms with Crippen molar-refractivity contribution < 1.29 is 4.79 Å². The van der Waals surface area contributed by atoms with Crippen LogP contribution in [0.4, 0.5) is 5.69 Å². The zero-order valence-electron chi connectivity index (χ0n) is 16.5. The maximum Gasteiger partial charge on any atom is 0.256 e. The van der Waals surface area contributed by atoms with Gasteiger partial charge in [0.15, 0.2) is 0 Å². The largest absolute Gasteiger partial charge is 0.322 e. The van der Waals surface area contributed by atoms with E-state index in [1.807, 2.05) is 49.4 Å². The van der Waals surface area contributed by atoms with E-state index in [2.05, 4.69) is 37.8 Å². The molecular weight excluding hydrogens is 375 g/mol. The van der Waals surface area contributed by atoms with Crippen LogP contribution in [0.15, 0.2) is 60.9 Å². The van der Waals surface area contributed by atoms with E-state index in [9.17, 15) is 4.79 Å². The zero-order valence-corrected chi connectivity index (χ0v) is 18.5. The Morgan fingerprint density at radius 3 is 2.41 bits per heavy atom. The molecule has 1 amide bonds. The number of aromatic amines is 1. The number of pyridine rings is 1. The van der Waals surface area contributed by atoms with Crippen molar-refractivity contribution in [2.75, 3.05) is 5.32 Å². The van der Waals surface area contributed by atoms with Crippen molar-refractivity contribution in [1.29, 1.82) is 0 Å². The van der Waals surface area contributed by atoms with Gasteiger partial charge in [0.05, 0.1) is 0 Å². The summed E-state index contributed by atoms with van der Waals surface area (Å²) in [5.74, 6) is 0.404. The monoisotopic (exact) mass is 393 g/mol. The number of nitrogens with one attached hydrogen (secondary N) is 2. The molecule has 2 N–H and O–H groups in total. The van der Waals surface area contributed by atoms with Gasteiger partial charge in [-0.2, -0.15) is 5.21 Å². The molecule has 2 aromatic carbocycles. The summed E-state index contributed by atoms with van der Waals surface area (Å²) in [6, 6.07) is 15.5. The van der Waals surface area contributed by atoms with Crippen LogP contribution in [0.3, 0.4) is 0 Å². The standard InChI is InChI=1S/C21H18N6O.Na/c1-13-3-4-16(20-24-26-27-25-20)11-19(13)15-5-7-17(8-6-15)23-21(28)18-9-10-22-12-14(18)2;/h3-12H,1-2H3,(H,23,28)(H,24,25,26,27);. The fourth-order valence-corrected chi connectivity index (χ4v) is 3.02. The van der Waals surface area contributed by atoms with Crippen LogP contribution in [-0.4, -0.2) is 61.1 Å². The van der Waals surface area contributed by atoms with Gasteiger partial charge in [0.25, 0.3) is 5.91 Å². The molecule has 0 saturated heterocycles. The summed E-state index contributed by atoms with van der Waals surface area (Å²) in [6.07, 6.45) is 3.29. The van der Waals surface area contributed by atoms with Gasteiger partial charge < -0.3 is 5.32 Å². The van der Waals surface area contributed by atoms with Crippen molar-refractivity contribution >= 4 is 41.2 Å². The first-order valence-electron chi connectivity index (χ1n) is 8.79. The number of tetrazole rings is 1. The number of H-pyrrole nitrogens is 1. The maximum atomic E-state index is 12.5. The zero-order chi connectivity index (χ0) is 19.5. The van der Waals surface area contributed by atoms with Crippen LogP contribution >= 0.6 is 0 Å². The molecule has 1 radical (unpaired) electrons. The maximum absolute atomic E-state index is 12.5. The van der Waals surface area contributed by atoms with E-state index in [0.29, 0.717) is 11.4 Å². The number of aromatic nitrogens is 5. The molecule has 0 fully saturated rings. The molecule has 0 aliphatic heterocycles. The van der Waals surface area contributed by atoms with Gasteiger partial charge in [0.2, 0.25) is 5.82 Å². The van der Waals surface area contributed by atoms with E-state index in [0.717, 1.165) is 33.5 Å². The smallest absolute Gasteiger partial charge is 0.256 e. The van der Waals surface area contributed by atoms with Gasteiger partial charge >= 0.3 is 0 Å². The predicted molar refractivity (Wildman–Crippen MR) is 112 cm³/mol. The predicted octanol–water partition coefficient (Wildman–Crippen LogP) is 3.42. The Kier molecular flexibility index (Phi) is 6.53. The molecule has 4 aromatic rings. The molecule has 8 heteroatoms. The summed E-state index contributed by atoms with van der Waals surface area (Å²) in [4.78, 5) is 16.5. The van der Waals surface area contributed by atoms with Crippen molar-refractivity contribution in [3.05, 3.63) is 77.6 Å². The SMILES string of the molecule is Cc1cnccc1C(=O)Nc1ccc(-c2cc(-c3nn[nH]n3)ccc2C)cc1.[Na]. The number of amides is 1. The minimum absolute atomic E-state index is 0. The molecule has 29 heavy (non-hydrogen) atoms. The Bertz CT molecular complexity index is 1130. The summed E-state index contributed by atoms with van der Waals surface area (Å²) in [5.41, 5.74) is 6.33. The van der Waals surface area contributed by atoms with Gasteiger partial charge in [-0.1, -0.05) is 24.3 Å². The van der Waals surface area contributed by atoms with Gasteiger partial charge in [0.1, 0.15) is 0 Å². The summed E-state index contributed by atoms with van der Waals surface area (Å²) >= 11 is 0. The van der Waals surface area contributed by atoms with Crippen molar-refractivity contribution in [3.8, 4) is 22.5 Å². The molecule has 0 unspecified atom stereocenters. The minimum atomic E-state index is -0.150. The third-order valence-corrected chi connectivity index (χ3v) is 4.56. The van der Waals surface area contributed by atoms with E-state index in [-0.39, 0.29) is 35.5 Å². The number of nitrogens with zero attached hydrogens (tertiary/aromatic N) is 4. The fourth-order valence-electron chi connectivity index (χ4n) is 3.02. The minimum Gasteiger partial charge on any atom is -0.322 e. The van der Waals surface area contributed by atoms with E-state index in [4.69, 9.17) is 0 Å². The topological polar surface area (TPSA) is 96.5 Å². The Hall–Kier alpha value is -2.87. The number of carbonyl (C=O) groups is 1. The van der Waals surface area contributed by atoms with E-state index >= 15 is 0 Å². The number of aryl methyl sites for hydroxylation is 2. The normalized spacial score (nSPS) is 10.3. The molecule has 7 nitrogen and oxygen atoms in total. The number of rotatable bonds is 4. The van der Waals surface area contributed by atoms with E-state index in [1.165, 1.54) is 0 Å². The molecule has 0 saturated carbocycles. The number of carbonyl (C=O) groups excluding carboxylic acids is 1. The van der Waals surface area contributed by atoms with Gasteiger partial charge in [-0.05, 0) is 65.6 Å². The van der Waals surface area contributed by atoms with E-state index < -0.39 is 0 Å². The summed E-state index contributed by atoms with van der Waals surface area (Å²) in [6.45, 7) is 3.92. The molecule has 0 atom stereocenters. The number of hydrogen-bond acceptors (Lipinski definition) is 5. The second-order valence-electron chi connectivity index (χ2n) is 6.49. The van der Waals surface area contributed by atoms with Crippen LogP contribution in [0.25, 0.3) is 22.5 Å². The van der Waals surface area contributed by atoms with Gasteiger partial charge in [0, 0.05) is 58.8 Å². The summed E-state index contributed by atoms with van der Waals surface area (Å²) in [5, 5.41) is 17.1. The Labute approximate surface area is 190 Å². The van der Waals surface area contributed by atoms with Crippen LogP contribution in [0.2, 0.25) is 0 Å². The Balaban J connectivity index is 0.00000240. The summed E-state index contributed by atoms with van der Waals surface area (Å²) in [7, 11) is 0. The van der Waals surface area contributed by atoms with Gasteiger partial charge in [-0.15, -0.1) is 10.2 Å². The molecule has 0 aliphatic rings. The molecule has 2 aromatic heterocycles. The first-order valence-corrected chi connectivity index (χ1v) is 8.79. The number of anilines is 1. The first-order chi connectivity index (χ1) is 13.6. The van der Waals surface area contributed by atoms with Gasteiger partial charge in [-0.25, -0.2) is 0 Å².